The molecule has 2 heterocycles. The van der Waals surface area contributed by atoms with E-state index >= 15 is 0 Å². The highest BCUT2D eigenvalue weighted by atomic mass is 16.5. The first-order chi connectivity index (χ1) is 12.1. The summed E-state index contributed by atoms with van der Waals surface area (Å²) in [7, 11) is 1.66. The molecule has 4 aromatic rings. The Kier molecular flexibility index (Phi) is 3.72. The highest BCUT2D eigenvalue weighted by Crippen LogP contribution is 2.26. The number of hydrogen-bond donors (Lipinski definition) is 2. The standard InChI is InChI=1S/C19H19N5O/c1-11-4-6-15-14(8-11)19(21-10-20-15)22-12(2)18-23-16-7-5-13(25-3)9-17(16)24-18/h4-10,12H,1-3H3,(H,23,24)(H,20,21,22)/t12-/m0/s1. The van der Waals surface area contributed by atoms with E-state index in [0.717, 1.165) is 39.3 Å². The van der Waals surface area contributed by atoms with E-state index in [1.807, 2.05) is 24.3 Å². The van der Waals surface area contributed by atoms with Gasteiger partial charge in [-0.1, -0.05) is 11.6 Å². The Morgan fingerprint density at radius 2 is 1.92 bits per heavy atom. The van der Waals surface area contributed by atoms with Crippen molar-refractivity contribution in [2.45, 2.75) is 19.9 Å². The molecular formula is C19H19N5O. The van der Waals surface area contributed by atoms with E-state index in [1.54, 1.807) is 13.4 Å². The third-order valence-electron chi connectivity index (χ3n) is 4.26. The fraction of sp³-hybridized carbons (Fsp3) is 0.211. The number of H-pyrrole nitrogens is 1. The minimum atomic E-state index is -0.0305. The molecule has 0 bridgehead atoms. The molecule has 2 aromatic carbocycles. The SMILES string of the molecule is COc1ccc2nc([C@H](C)Nc3ncnc4ccc(C)cc34)[nH]c2c1. The van der Waals surface area contributed by atoms with Crippen LogP contribution in [0.3, 0.4) is 0 Å². The molecular weight excluding hydrogens is 314 g/mol. The number of aromatic amines is 1. The van der Waals surface area contributed by atoms with Gasteiger partial charge in [-0.25, -0.2) is 15.0 Å². The average Bonchev–Trinajstić information content (AvgIpc) is 3.05. The quantitative estimate of drug-likeness (QED) is 0.590. The average molecular weight is 333 g/mol. The third kappa shape index (κ3) is 2.87. The Morgan fingerprint density at radius 3 is 2.76 bits per heavy atom. The van der Waals surface area contributed by atoms with E-state index in [4.69, 9.17) is 4.74 Å². The lowest BCUT2D eigenvalue weighted by Crippen LogP contribution is -2.10. The summed E-state index contributed by atoms with van der Waals surface area (Å²) in [5.41, 5.74) is 3.96. The van der Waals surface area contributed by atoms with Crippen molar-refractivity contribution in [3.8, 4) is 5.75 Å². The van der Waals surface area contributed by atoms with Gasteiger partial charge in [0.15, 0.2) is 0 Å². The van der Waals surface area contributed by atoms with Crippen LogP contribution in [-0.4, -0.2) is 27.0 Å². The van der Waals surface area contributed by atoms with Crippen LogP contribution in [0.1, 0.15) is 24.4 Å². The van der Waals surface area contributed by atoms with Crippen LogP contribution < -0.4 is 10.1 Å². The highest BCUT2D eigenvalue weighted by molar-refractivity contribution is 5.89. The lowest BCUT2D eigenvalue weighted by Gasteiger charge is -2.14. The van der Waals surface area contributed by atoms with E-state index in [1.165, 1.54) is 5.56 Å². The zero-order valence-electron chi connectivity index (χ0n) is 14.4. The Labute approximate surface area is 145 Å². The first-order valence-electron chi connectivity index (χ1n) is 8.15. The molecule has 6 nitrogen and oxygen atoms in total. The summed E-state index contributed by atoms with van der Waals surface area (Å²) >= 11 is 0. The number of nitrogens with zero attached hydrogens (tertiary/aromatic N) is 3. The molecule has 0 fully saturated rings. The van der Waals surface area contributed by atoms with Gasteiger partial charge in [-0.3, -0.25) is 0 Å². The monoisotopic (exact) mass is 333 g/mol. The van der Waals surface area contributed by atoms with Crippen LogP contribution in [0.15, 0.2) is 42.7 Å². The van der Waals surface area contributed by atoms with E-state index in [9.17, 15) is 0 Å². The van der Waals surface area contributed by atoms with Gasteiger partial charge in [0.1, 0.15) is 23.7 Å². The Bertz CT molecular complexity index is 1060. The van der Waals surface area contributed by atoms with Crippen molar-refractivity contribution in [1.29, 1.82) is 0 Å². The fourth-order valence-corrected chi connectivity index (χ4v) is 2.90. The smallest absolute Gasteiger partial charge is 0.137 e. The second-order valence-corrected chi connectivity index (χ2v) is 6.11. The lowest BCUT2D eigenvalue weighted by molar-refractivity contribution is 0.415. The number of ether oxygens (including phenoxy) is 1. The molecule has 0 aliphatic carbocycles. The van der Waals surface area contributed by atoms with Gasteiger partial charge in [-0.2, -0.15) is 0 Å². The maximum Gasteiger partial charge on any atom is 0.137 e. The van der Waals surface area contributed by atoms with Crippen LogP contribution in [0.5, 0.6) is 5.75 Å². The number of anilines is 1. The van der Waals surface area contributed by atoms with Crippen molar-refractivity contribution in [2.75, 3.05) is 12.4 Å². The molecule has 2 N–H and O–H groups in total. The van der Waals surface area contributed by atoms with Gasteiger partial charge < -0.3 is 15.0 Å². The van der Waals surface area contributed by atoms with Crippen LogP contribution in [-0.2, 0) is 0 Å². The van der Waals surface area contributed by atoms with Gasteiger partial charge in [0.25, 0.3) is 0 Å². The maximum absolute atomic E-state index is 5.27. The number of benzene rings is 2. The summed E-state index contributed by atoms with van der Waals surface area (Å²) in [6, 6.07) is 11.9. The molecule has 0 aliphatic heterocycles. The van der Waals surface area contributed by atoms with E-state index in [-0.39, 0.29) is 6.04 Å². The van der Waals surface area contributed by atoms with E-state index in [2.05, 4.69) is 51.2 Å². The number of imidazole rings is 1. The van der Waals surface area contributed by atoms with Crippen LogP contribution in [0.4, 0.5) is 5.82 Å². The summed E-state index contributed by atoms with van der Waals surface area (Å²) in [5.74, 6) is 2.46. The van der Waals surface area contributed by atoms with Crippen LogP contribution in [0, 0.1) is 6.92 Å². The van der Waals surface area contributed by atoms with Crippen LogP contribution in [0.25, 0.3) is 21.9 Å². The molecule has 0 radical (unpaired) electrons. The highest BCUT2D eigenvalue weighted by Gasteiger charge is 2.13. The fourth-order valence-electron chi connectivity index (χ4n) is 2.90. The Balaban J connectivity index is 1.68. The molecule has 0 amide bonds. The Morgan fingerprint density at radius 1 is 1.08 bits per heavy atom. The van der Waals surface area contributed by atoms with E-state index in [0.29, 0.717) is 0 Å². The van der Waals surface area contributed by atoms with Crippen LogP contribution in [0.2, 0.25) is 0 Å². The summed E-state index contributed by atoms with van der Waals surface area (Å²) < 4.78 is 5.27. The number of aryl methyl sites for hydroxylation is 1. The van der Waals surface area contributed by atoms with Gasteiger partial charge in [-0.15, -0.1) is 0 Å². The van der Waals surface area contributed by atoms with Gasteiger partial charge in [0, 0.05) is 11.5 Å². The zero-order chi connectivity index (χ0) is 17.4. The predicted octanol–water partition coefficient (Wildman–Crippen LogP) is 4.00. The first-order valence-corrected chi connectivity index (χ1v) is 8.15. The summed E-state index contributed by atoms with van der Waals surface area (Å²) in [4.78, 5) is 16.8. The number of fused-ring (bicyclic) bond motifs is 2. The second kappa shape index (κ2) is 6.05. The lowest BCUT2D eigenvalue weighted by atomic mass is 10.1. The van der Waals surface area contributed by atoms with Gasteiger partial charge in [-0.05, 0) is 38.1 Å². The molecule has 6 heteroatoms. The van der Waals surface area contributed by atoms with Crippen molar-refractivity contribution in [1.82, 2.24) is 19.9 Å². The van der Waals surface area contributed by atoms with Crippen molar-refractivity contribution in [3.63, 3.8) is 0 Å². The molecule has 1 atom stereocenters. The molecule has 0 aliphatic rings. The van der Waals surface area contributed by atoms with Crippen molar-refractivity contribution >= 4 is 27.8 Å². The predicted molar refractivity (Wildman–Crippen MR) is 99.0 cm³/mol. The molecule has 0 saturated heterocycles. The summed E-state index contributed by atoms with van der Waals surface area (Å²) in [6.45, 7) is 4.12. The number of aromatic nitrogens is 4. The number of nitrogens with one attached hydrogen (secondary N) is 2. The van der Waals surface area contributed by atoms with Gasteiger partial charge in [0.05, 0.1) is 29.7 Å². The molecule has 4 rings (SSSR count). The van der Waals surface area contributed by atoms with Crippen molar-refractivity contribution < 1.29 is 4.74 Å². The molecule has 0 unspecified atom stereocenters. The van der Waals surface area contributed by atoms with Crippen molar-refractivity contribution in [3.05, 3.63) is 54.1 Å². The number of methoxy groups -OCH3 is 1. The zero-order valence-corrected chi connectivity index (χ0v) is 14.4. The Hall–Kier alpha value is -3.15. The minimum absolute atomic E-state index is 0.0305. The second-order valence-electron chi connectivity index (χ2n) is 6.11. The third-order valence-corrected chi connectivity index (χ3v) is 4.26. The normalized spacial score (nSPS) is 12.4. The maximum atomic E-state index is 5.27. The minimum Gasteiger partial charge on any atom is -0.497 e. The summed E-state index contributed by atoms with van der Waals surface area (Å²) in [6.07, 6.45) is 1.58. The molecule has 0 spiro atoms. The van der Waals surface area contributed by atoms with Gasteiger partial charge in [0.2, 0.25) is 0 Å². The first kappa shape index (κ1) is 15.4. The molecule has 25 heavy (non-hydrogen) atoms. The van der Waals surface area contributed by atoms with Crippen LogP contribution >= 0.6 is 0 Å². The van der Waals surface area contributed by atoms with Crippen molar-refractivity contribution in [2.24, 2.45) is 0 Å². The topological polar surface area (TPSA) is 75.7 Å². The molecule has 2 aromatic heterocycles. The molecule has 126 valence electrons. The number of hydrogen-bond acceptors (Lipinski definition) is 5. The van der Waals surface area contributed by atoms with E-state index < -0.39 is 0 Å². The molecule has 0 saturated carbocycles. The number of rotatable bonds is 4. The summed E-state index contributed by atoms with van der Waals surface area (Å²) in [5, 5.41) is 4.45. The largest absolute Gasteiger partial charge is 0.497 e. The van der Waals surface area contributed by atoms with Gasteiger partial charge >= 0.3 is 0 Å².